The van der Waals surface area contributed by atoms with E-state index < -0.39 is 10.8 Å². The van der Waals surface area contributed by atoms with Gasteiger partial charge in [0.25, 0.3) is 0 Å². The molecule has 108 valence electrons. The lowest BCUT2D eigenvalue weighted by Crippen LogP contribution is -2.01. The van der Waals surface area contributed by atoms with Crippen LogP contribution in [0.5, 0.6) is 5.75 Å². The Bertz CT molecular complexity index is 615. The summed E-state index contributed by atoms with van der Waals surface area (Å²) in [6.45, 7) is 1.92. The van der Waals surface area contributed by atoms with Gasteiger partial charge in [0.1, 0.15) is 5.75 Å². The molecule has 0 aliphatic heterocycles. The van der Waals surface area contributed by atoms with Gasteiger partial charge in [-0.25, -0.2) is 0 Å². The first-order valence-electron chi connectivity index (χ1n) is 6.11. The van der Waals surface area contributed by atoms with E-state index in [1.54, 1.807) is 19.2 Å². The average molecular weight is 315 g/mol. The topological polar surface area (TPSA) is 65.2 Å². The van der Waals surface area contributed by atoms with Crippen LogP contribution in [0.2, 0.25) is 5.02 Å². The Kier molecular flexibility index (Phi) is 5.14. The number of benzene rings is 1. The van der Waals surface area contributed by atoms with Gasteiger partial charge in [-0.1, -0.05) is 29.7 Å². The molecule has 2 rings (SSSR count). The van der Waals surface area contributed by atoms with Crippen LogP contribution in [0, 0.1) is 0 Å². The highest BCUT2D eigenvalue weighted by Gasteiger charge is 2.10. The zero-order chi connectivity index (χ0) is 14.5. The largest absolute Gasteiger partial charge is 0.495 e. The lowest BCUT2D eigenvalue weighted by atomic mass is 10.2. The van der Waals surface area contributed by atoms with E-state index in [1.807, 2.05) is 13.0 Å². The van der Waals surface area contributed by atoms with E-state index >= 15 is 0 Å². The van der Waals surface area contributed by atoms with Crippen molar-refractivity contribution >= 4 is 22.4 Å². The Morgan fingerprint density at radius 1 is 1.40 bits per heavy atom. The van der Waals surface area contributed by atoms with Crippen molar-refractivity contribution in [2.75, 3.05) is 7.11 Å². The van der Waals surface area contributed by atoms with Gasteiger partial charge in [-0.05, 0) is 17.7 Å². The minimum absolute atomic E-state index is 0.271. The summed E-state index contributed by atoms with van der Waals surface area (Å²) in [5, 5.41) is 4.30. The van der Waals surface area contributed by atoms with Gasteiger partial charge in [0.15, 0.2) is 5.82 Å². The highest BCUT2D eigenvalue weighted by Crippen LogP contribution is 2.25. The summed E-state index contributed by atoms with van der Waals surface area (Å²) in [7, 11) is 0.444. The predicted octanol–water partition coefficient (Wildman–Crippen LogP) is 2.74. The Balaban J connectivity index is 1.99. The van der Waals surface area contributed by atoms with Crippen molar-refractivity contribution in [3.8, 4) is 5.75 Å². The lowest BCUT2D eigenvalue weighted by Gasteiger charge is -2.05. The van der Waals surface area contributed by atoms with Crippen LogP contribution < -0.4 is 4.74 Å². The lowest BCUT2D eigenvalue weighted by molar-refractivity contribution is 0.378. The zero-order valence-electron chi connectivity index (χ0n) is 11.3. The Morgan fingerprint density at radius 3 is 2.80 bits per heavy atom. The first-order valence-corrected chi connectivity index (χ1v) is 7.97. The first kappa shape index (κ1) is 15.0. The van der Waals surface area contributed by atoms with Crippen molar-refractivity contribution in [2.24, 2.45) is 0 Å². The molecule has 2 aromatic rings. The van der Waals surface area contributed by atoms with Crippen LogP contribution in [0.15, 0.2) is 22.7 Å². The highest BCUT2D eigenvalue weighted by molar-refractivity contribution is 7.83. The molecule has 7 heteroatoms. The van der Waals surface area contributed by atoms with Crippen LogP contribution >= 0.6 is 11.6 Å². The first-order chi connectivity index (χ1) is 9.62. The van der Waals surface area contributed by atoms with E-state index in [9.17, 15) is 4.21 Å². The Labute approximate surface area is 124 Å². The predicted molar refractivity (Wildman–Crippen MR) is 77.2 cm³/mol. The van der Waals surface area contributed by atoms with E-state index in [0.29, 0.717) is 34.7 Å². The summed E-state index contributed by atoms with van der Waals surface area (Å²) >= 11 is 6.03. The second kappa shape index (κ2) is 6.85. The van der Waals surface area contributed by atoms with Gasteiger partial charge < -0.3 is 9.26 Å². The van der Waals surface area contributed by atoms with Crippen LogP contribution in [0.3, 0.4) is 0 Å². The minimum Gasteiger partial charge on any atom is -0.495 e. The number of hydrogen-bond acceptors (Lipinski definition) is 5. The molecule has 1 atom stereocenters. The van der Waals surface area contributed by atoms with Gasteiger partial charge in [-0.2, -0.15) is 4.98 Å². The van der Waals surface area contributed by atoms with E-state index in [-0.39, 0.29) is 5.75 Å². The third-order valence-corrected chi connectivity index (χ3v) is 4.18. The number of halogens is 1. The smallest absolute Gasteiger partial charge is 0.226 e. The maximum atomic E-state index is 12.1. The standard InChI is InChI=1S/C13H15ClN2O3S/c1-3-13-15-12(16-19-13)8-20(17)7-9-4-5-11(18-2)10(14)6-9/h4-6H,3,7-8H2,1-2H3/t20-/m0/s1. The quantitative estimate of drug-likeness (QED) is 0.820. The summed E-state index contributed by atoms with van der Waals surface area (Å²) in [4.78, 5) is 4.14. The van der Waals surface area contributed by atoms with Crippen molar-refractivity contribution in [3.63, 3.8) is 0 Å². The Morgan fingerprint density at radius 2 is 2.20 bits per heavy atom. The molecule has 0 saturated carbocycles. The second-order valence-corrected chi connectivity index (χ2v) is 6.02. The highest BCUT2D eigenvalue weighted by atomic mass is 35.5. The average Bonchev–Trinajstić information content (AvgIpc) is 2.86. The number of nitrogens with zero attached hydrogens (tertiary/aromatic N) is 2. The van der Waals surface area contributed by atoms with Gasteiger partial charge >= 0.3 is 0 Å². The molecule has 0 aliphatic carbocycles. The van der Waals surface area contributed by atoms with Gasteiger partial charge in [0, 0.05) is 23.0 Å². The number of aryl methyl sites for hydroxylation is 1. The number of aromatic nitrogens is 2. The third kappa shape index (κ3) is 3.80. The summed E-state index contributed by atoms with van der Waals surface area (Å²) < 4.78 is 22.1. The summed E-state index contributed by atoms with van der Waals surface area (Å²) in [6.07, 6.45) is 0.674. The number of rotatable bonds is 6. The van der Waals surface area contributed by atoms with E-state index in [1.165, 1.54) is 0 Å². The summed E-state index contributed by atoms with van der Waals surface area (Å²) in [5.74, 6) is 2.29. The third-order valence-electron chi connectivity index (χ3n) is 2.65. The fourth-order valence-electron chi connectivity index (χ4n) is 1.67. The fraction of sp³-hybridized carbons (Fsp3) is 0.385. The SMILES string of the molecule is CCc1nc(C[S@@](=O)Cc2ccc(OC)c(Cl)c2)no1. The molecule has 0 N–H and O–H groups in total. The molecule has 0 fully saturated rings. The van der Waals surface area contributed by atoms with Gasteiger partial charge in [0.05, 0.1) is 17.9 Å². The molecular formula is C13H15ClN2O3S. The molecule has 1 aromatic heterocycles. The fourth-order valence-corrected chi connectivity index (χ4v) is 3.01. The van der Waals surface area contributed by atoms with Crippen molar-refractivity contribution in [1.82, 2.24) is 10.1 Å². The van der Waals surface area contributed by atoms with Crippen molar-refractivity contribution in [3.05, 3.63) is 40.5 Å². The van der Waals surface area contributed by atoms with Crippen molar-refractivity contribution in [2.45, 2.75) is 24.9 Å². The van der Waals surface area contributed by atoms with Gasteiger partial charge in [0.2, 0.25) is 5.89 Å². The molecule has 0 unspecified atom stereocenters. The number of hydrogen-bond donors (Lipinski definition) is 0. The second-order valence-electron chi connectivity index (χ2n) is 4.16. The Hall–Kier alpha value is -1.40. The molecule has 1 aromatic carbocycles. The van der Waals surface area contributed by atoms with Crippen molar-refractivity contribution in [1.29, 1.82) is 0 Å². The molecule has 0 amide bonds. The van der Waals surface area contributed by atoms with Crippen molar-refractivity contribution < 1.29 is 13.5 Å². The summed E-state index contributed by atoms with van der Waals surface area (Å²) in [6, 6.07) is 5.36. The van der Waals surface area contributed by atoms with Gasteiger partial charge in [-0.3, -0.25) is 4.21 Å². The van der Waals surface area contributed by atoms with Crippen LogP contribution in [-0.2, 0) is 28.7 Å². The molecule has 0 saturated heterocycles. The molecular weight excluding hydrogens is 300 g/mol. The number of methoxy groups -OCH3 is 1. The zero-order valence-corrected chi connectivity index (χ0v) is 12.8. The van der Waals surface area contributed by atoms with Gasteiger partial charge in [-0.15, -0.1) is 0 Å². The van der Waals surface area contributed by atoms with Crippen LogP contribution in [-0.4, -0.2) is 21.5 Å². The minimum atomic E-state index is -1.11. The molecule has 0 bridgehead atoms. The molecule has 5 nitrogen and oxygen atoms in total. The van der Waals surface area contributed by atoms with E-state index in [4.69, 9.17) is 20.9 Å². The van der Waals surface area contributed by atoms with Crippen LogP contribution in [0.25, 0.3) is 0 Å². The maximum Gasteiger partial charge on any atom is 0.226 e. The van der Waals surface area contributed by atoms with Crippen LogP contribution in [0.1, 0.15) is 24.2 Å². The molecule has 0 spiro atoms. The van der Waals surface area contributed by atoms with Crippen LogP contribution in [0.4, 0.5) is 0 Å². The van der Waals surface area contributed by atoms with E-state index in [0.717, 1.165) is 5.56 Å². The molecule has 20 heavy (non-hydrogen) atoms. The number of ether oxygens (including phenoxy) is 1. The monoisotopic (exact) mass is 314 g/mol. The maximum absolute atomic E-state index is 12.1. The molecule has 1 heterocycles. The molecule has 0 radical (unpaired) electrons. The van der Waals surface area contributed by atoms with E-state index in [2.05, 4.69) is 10.1 Å². The summed E-state index contributed by atoms with van der Waals surface area (Å²) in [5.41, 5.74) is 0.883. The normalized spacial score (nSPS) is 12.3. The molecule has 0 aliphatic rings.